The molecule has 4 nitrogen and oxygen atoms in total. The summed E-state index contributed by atoms with van der Waals surface area (Å²) in [6.45, 7) is 6.33. The normalized spacial score (nSPS) is 14.2. The number of rotatable bonds is 7. The second-order valence-electron chi connectivity index (χ2n) is 6.65. The minimum absolute atomic E-state index is 0.229. The number of likely N-dealkylation sites (N-methyl/N-ethyl adjacent to an activating group) is 1. The monoisotopic (exact) mass is 299 g/mol. The van der Waals surface area contributed by atoms with E-state index < -0.39 is 0 Å². The highest BCUT2D eigenvalue weighted by Gasteiger charge is 2.32. The number of amides is 1. The highest BCUT2D eigenvalue weighted by atomic mass is 16.2. The minimum Gasteiger partial charge on any atom is -0.338 e. The van der Waals surface area contributed by atoms with Gasteiger partial charge in [-0.25, -0.2) is 0 Å². The maximum absolute atomic E-state index is 12.5. The van der Waals surface area contributed by atoms with Gasteiger partial charge >= 0.3 is 0 Å². The van der Waals surface area contributed by atoms with Crippen LogP contribution in [0, 0.1) is 17.2 Å². The van der Waals surface area contributed by atoms with Gasteiger partial charge in [-0.05, 0) is 43.5 Å². The van der Waals surface area contributed by atoms with E-state index in [-0.39, 0.29) is 5.91 Å². The molecule has 0 radical (unpaired) electrons. The van der Waals surface area contributed by atoms with E-state index in [1.54, 1.807) is 0 Å². The van der Waals surface area contributed by atoms with Gasteiger partial charge in [0.05, 0.1) is 18.2 Å². The molecule has 0 heterocycles. The van der Waals surface area contributed by atoms with Crippen molar-refractivity contribution in [1.29, 1.82) is 5.26 Å². The van der Waals surface area contributed by atoms with E-state index in [9.17, 15) is 4.79 Å². The SMILES string of the molecule is CC(C)CN(C(=O)CN(C)Cc1ccc(C#N)cc1)C1CC1. The van der Waals surface area contributed by atoms with Crippen LogP contribution in [0.4, 0.5) is 0 Å². The molecule has 1 aromatic rings. The third-order valence-corrected chi connectivity index (χ3v) is 3.81. The fourth-order valence-electron chi connectivity index (χ4n) is 2.61. The molecule has 0 unspecified atom stereocenters. The summed E-state index contributed by atoms with van der Waals surface area (Å²) in [7, 11) is 1.97. The minimum atomic E-state index is 0.229. The Labute approximate surface area is 133 Å². The van der Waals surface area contributed by atoms with Gasteiger partial charge in [0.2, 0.25) is 5.91 Å². The van der Waals surface area contributed by atoms with Gasteiger partial charge in [0.1, 0.15) is 0 Å². The lowest BCUT2D eigenvalue weighted by molar-refractivity contribution is -0.133. The standard InChI is InChI=1S/C18H25N3O/c1-14(2)11-21(17-8-9-17)18(22)13-20(3)12-16-6-4-15(10-19)5-7-16/h4-7,14,17H,8-9,11-13H2,1-3H3. The van der Waals surface area contributed by atoms with Crippen molar-refractivity contribution >= 4 is 5.91 Å². The van der Waals surface area contributed by atoms with E-state index in [2.05, 4.69) is 24.8 Å². The van der Waals surface area contributed by atoms with E-state index in [1.807, 2.05) is 36.2 Å². The van der Waals surface area contributed by atoms with Crippen LogP contribution in [-0.4, -0.2) is 41.9 Å². The molecule has 0 aliphatic heterocycles. The second-order valence-corrected chi connectivity index (χ2v) is 6.65. The van der Waals surface area contributed by atoms with Crippen LogP contribution in [0.15, 0.2) is 24.3 Å². The molecule has 4 heteroatoms. The lowest BCUT2D eigenvalue weighted by atomic mass is 10.1. The summed E-state index contributed by atoms with van der Waals surface area (Å²) in [4.78, 5) is 16.6. The summed E-state index contributed by atoms with van der Waals surface area (Å²) < 4.78 is 0. The van der Waals surface area contributed by atoms with Gasteiger partial charge in [-0.1, -0.05) is 26.0 Å². The summed E-state index contributed by atoms with van der Waals surface area (Å²) in [5.41, 5.74) is 1.79. The van der Waals surface area contributed by atoms with Crippen molar-refractivity contribution in [2.24, 2.45) is 5.92 Å². The molecule has 1 amide bonds. The topological polar surface area (TPSA) is 47.3 Å². The van der Waals surface area contributed by atoms with Gasteiger partial charge in [-0.3, -0.25) is 9.69 Å². The van der Waals surface area contributed by atoms with Crippen LogP contribution in [0.5, 0.6) is 0 Å². The second kappa shape index (κ2) is 7.42. The van der Waals surface area contributed by atoms with Gasteiger partial charge in [0, 0.05) is 19.1 Å². The molecule has 1 aromatic carbocycles. The third kappa shape index (κ3) is 4.85. The highest BCUT2D eigenvalue weighted by Crippen LogP contribution is 2.27. The van der Waals surface area contributed by atoms with Crippen LogP contribution in [0.25, 0.3) is 0 Å². The van der Waals surface area contributed by atoms with Crippen LogP contribution >= 0.6 is 0 Å². The zero-order chi connectivity index (χ0) is 16.1. The van der Waals surface area contributed by atoms with Gasteiger partial charge in [-0.2, -0.15) is 5.26 Å². The maximum Gasteiger partial charge on any atom is 0.237 e. The van der Waals surface area contributed by atoms with Gasteiger partial charge in [0.25, 0.3) is 0 Å². The average molecular weight is 299 g/mol. The fourth-order valence-corrected chi connectivity index (χ4v) is 2.61. The first-order chi connectivity index (χ1) is 10.5. The molecule has 0 saturated heterocycles. The van der Waals surface area contributed by atoms with Crippen molar-refractivity contribution in [3.63, 3.8) is 0 Å². The molecule has 2 rings (SSSR count). The van der Waals surface area contributed by atoms with Crippen molar-refractivity contribution in [1.82, 2.24) is 9.80 Å². The lowest BCUT2D eigenvalue weighted by Gasteiger charge is -2.27. The largest absolute Gasteiger partial charge is 0.338 e. The number of hydrogen-bond donors (Lipinski definition) is 0. The zero-order valence-electron chi connectivity index (χ0n) is 13.7. The Morgan fingerprint density at radius 3 is 2.45 bits per heavy atom. The Morgan fingerprint density at radius 2 is 1.95 bits per heavy atom. The van der Waals surface area contributed by atoms with Gasteiger partial charge < -0.3 is 4.90 Å². The van der Waals surface area contributed by atoms with Gasteiger partial charge in [0.15, 0.2) is 0 Å². The first-order valence-corrected chi connectivity index (χ1v) is 7.96. The number of nitriles is 1. The molecule has 0 atom stereocenters. The Balaban J connectivity index is 1.88. The summed E-state index contributed by atoms with van der Waals surface area (Å²) in [6.07, 6.45) is 2.30. The van der Waals surface area contributed by atoms with E-state index in [0.717, 1.165) is 31.5 Å². The lowest BCUT2D eigenvalue weighted by Crippen LogP contribution is -2.42. The predicted octanol–water partition coefficient (Wildman–Crippen LogP) is 2.64. The Hall–Kier alpha value is -1.86. The quantitative estimate of drug-likeness (QED) is 0.777. The third-order valence-electron chi connectivity index (χ3n) is 3.81. The van der Waals surface area contributed by atoms with E-state index >= 15 is 0 Å². The van der Waals surface area contributed by atoms with Crippen molar-refractivity contribution < 1.29 is 4.79 Å². The number of carbonyl (C=O) groups is 1. The predicted molar refractivity (Wildman–Crippen MR) is 87.1 cm³/mol. The molecule has 0 N–H and O–H groups in total. The average Bonchev–Trinajstić information content (AvgIpc) is 3.29. The molecule has 1 saturated carbocycles. The van der Waals surface area contributed by atoms with Gasteiger partial charge in [-0.15, -0.1) is 0 Å². The summed E-state index contributed by atoms with van der Waals surface area (Å²) in [5, 5.41) is 8.81. The summed E-state index contributed by atoms with van der Waals surface area (Å²) in [5.74, 6) is 0.737. The molecular weight excluding hydrogens is 274 g/mol. The molecule has 0 spiro atoms. The first-order valence-electron chi connectivity index (χ1n) is 7.96. The molecule has 1 aliphatic rings. The maximum atomic E-state index is 12.5. The van der Waals surface area contributed by atoms with Crippen LogP contribution in [0.3, 0.4) is 0 Å². The summed E-state index contributed by atoms with van der Waals surface area (Å²) >= 11 is 0. The number of carbonyl (C=O) groups excluding carboxylic acids is 1. The van der Waals surface area contributed by atoms with E-state index in [1.165, 1.54) is 0 Å². The first kappa shape index (κ1) is 16.5. The van der Waals surface area contributed by atoms with E-state index in [4.69, 9.17) is 5.26 Å². The van der Waals surface area contributed by atoms with Crippen molar-refractivity contribution in [3.8, 4) is 6.07 Å². The van der Waals surface area contributed by atoms with Crippen molar-refractivity contribution in [2.75, 3.05) is 20.1 Å². The van der Waals surface area contributed by atoms with Crippen LogP contribution in [0.2, 0.25) is 0 Å². The van der Waals surface area contributed by atoms with Crippen LogP contribution in [-0.2, 0) is 11.3 Å². The fraction of sp³-hybridized carbons (Fsp3) is 0.556. The van der Waals surface area contributed by atoms with Crippen LogP contribution in [0.1, 0.15) is 37.8 Å². The summed E-state index contributed by atoms with van der Waals surface area (Å²) in [6, 6.07) is 10.1. The zero-order valence-corrected chi connectivity index (χ0v) is 13.7. The Kier molecular flexibility index (Phi) is 5.57. The van der Waals surface area contributed by atoms with Crippen molar-refractivity contribution in [2.45, 2.75) is 39.3 Å². The molecule has 0 bridgehead atoms. The molecule has 0 aromatic heterocycles. The Morgan fingerprint density at radius 1 is 1.32 bits per heavy atom. The number of nitrogens with zero attached hydrogens (tertiary/aromatic N) is 3. The number of benzene rings is 1. The molecular formula is C18H25N3O. The Bertz CT molecular complexity index is 540. The van der Waals surface area contributed by atoms with Crippen LogP contribution < -0.4 is 0 Å². The highest BCUT2D eigenvalue weighted by molar-refractivity contribution is 5.79. The smallest absolute Gasteiger partial charge is 0.237 e. The van der Waals surface area contributed by atoms with E-state index in [0.29, 0.717) is 24.1 Å². The number of hydrogen-bond acceptors (Lipinski definition) is 3. The molecule has 1 fully saturated rings. The molecule has 22 heavy (non-hydrogen) atoms. The van der Waals surface area contributed by atoms with Crippen molar-refractivity contribution in [3.05, 3.63) is 35.4 Å². The molecule has 1 aliphatic carbocycles. The molecule has 118 valence electrons.